The van der Waals surface area contributed by atoms with Crippen molar-refractivity contribution in [2.45, 2.75) is 13.3 Å². The summed E-state index contributed by atoms with van der Waals surface area (Å²) >= 11 is 0. The van der Waals surface area contributed by atoms with Crippen molar-refractivity contribution in [1.82, 2.24) is 0 Å². The summed E-state index contributed by atoms with van der Waals surface area (Å²) in [6.07, 6.45) is 6.82. The lowest BCUT2D eigenvalue weighted by Crippen LogP contribution is -2.03. The molecule has 0 fully saturated rings. The van der Waals surface area contributed by atoms with Crippen LogP contribution in [0.3, 0.4) is 0 Å². The van der Waals surface area contributed by atoms with Crippen molar-refractivity contribution in [2.24, 2.45) is 0 Å². The van der Waals surface area contributed by atoms with Crippen LogP contribution in [0.15, 0.2) is 42.5 Å². The summed E-state index contributed by atoms with van der Waals surface area (Å²) in [5, 5.41) is 7.86. The second-order valence-electron chi connectivity index (χ2n) is 3.51. The first-order valence-corrected chi connectivity index (χ1v) is 4.79. The first kappa shape index (κ1) is 8.95. The lowest BCUT2D eigenvalue weighted by atomic mass is 9.92. The van der Waals surface area contributed by atoms with Crippen LogP contribution in [0.2, 0.25) is 0 Å². The van der Waals surface area contributed by atoms with Crippen molar-refractivity contribution >= 4 is 11.3 Å². The highest BCUT2D eigenvalue weighted by Gasteiger charge is 2.10. The third-order valence-electron chi connectivity index (χ3n) is 2.48. The Morgan fingerprint density at radius 1 is 1.21 bits per heavy atom. The Morgan fingerprint density at radius 3 is 2.71 bits per heavy atom. The maximum absolute atomic E-state index is 7.86. The molecule has 1 aromatic rings. The van der Waals surface area contributed by atoms with Crippen LogP contribution in [0.25, 0.3) is 5.57 Å². The van der Waals surface area contributed by atoms with E-state index in [1.165, 1.54) is 11.1 Å². The summed E-state index contributed by atoms with van der Waals surface area (Å²) in [7, 11) is 0. The summed E-state index contributed by atoms with van der Waals surface area (Å²) in [6.45, 7) is 2.09. The molecule has 1 nitrogen and oxygen atoms in total. The van der Waals surface area contributed by atoms with Gasteiger partial charge in [0.15, 0.2) is 0 Å². The van der Waals surface area contributed by atoms with Crippen LogP contribution in [0.1, 0.15) is 17.5 Å². The van der Waals surface area contributed by atoms with Crippen molar-refractivity contribution in [3.8, 4) is 0 Å². The standard InChI is InChI=1S/C13H13N/c1-10-6-2-3-7-11(10)12-8-4-5-9-13(12)14/h2-8,14H,9H2,1H3. The number of aryl methyl sites for hydroxylation is 1. The Bertz CT molecular complexity index is 425. The summed E-state index contributed by atoms with van der Waals surface area (Å²) in [4.78, 5) is 0. The molecule has 0 spiro atoms. The van der Waals surface area contributed by atoms with Crippen molar-refractivity contribution in [2.75, 3.05) is 0 Å². The second-order valence-corrected chi connectivity index (χ2v) is 3.51. The van der Waals surface area contributed by atoms with Crippen LogP contribution >= 0.6 is 0 Å². The minimum atomic E-state index is 0.710. The molecule has 1 aliphatic carbocycles. The van der Waals surface area contributed by atoms with Gasteiger partial charge in [-0.1, -0.05) is 42.5 Å². The number of rotatable bonds is 1. The molecule has 0 radical (unpaired) electrons. The van der Waals surface area contributed by atoms with Crippen LogP contribution in [0, 0.1) is 12.3 Å². The van der Waals surface area contributed by atoms with Crippen molar-refractivity contribution in [1.29, 1.82) is 5.41 Å². The van der Waals surface area contributed by atoms with E-state index in [0.29, 0.717) is 5.71 Å². The predicted molar refractivity (Wildman–Crippen MR) is 60.6 cm³/mol. The average Bonchev–Trinajstić information content (AvgIpc) is 2.20. The maximum atomic E-state index is 7.86. The third kappa shape index (κ3) is 1.53. The summed E-state index contributed by atoms with van der Waals surface area (Å²) in [5.41, 5.74) is 4.19. The molecule has 0 aromatic heterocycles. The molecule has 0 heterocycles. The molecule has 14 heavy (non-hydrogen) atoms. The summed E-state index contributed by atoms with van der Waals surface area (Å²) < 4.78 is 0. The van der Waals surface area contributed by atoms with E-state index < -0.39 is 0 Å². The molecule has 1 aromatic carbocycles. The molecule has 0 saturated carbocycles. The topological polar surface area (TPSA) is 23.9 Å². The van der Waals surface area contributed by atoms with Gasteiger partial charge in [-0.2, -0.15) is 0 Å². The molecule has 0 bridgehead atoms. The highest BCUT2D eigenvalue weighted by Crippen LogP contribution is 2.23. The van der Waals surface area contributed by atoms with Gasteiger partial charge in [0.05, 0.1) is 0 Å². The molecule has 0 aliphatic heterocycles. The monoisotopic (exact) mass is 183 g/mol. The van der Waals surface area contributed by atoms with Crippen LogP contribution in [0.4, 0.5) is 0 Å². The lowest BCUT2D eigenvalue weighted by Gasteiger charge is -2.12. The van der Waals surface area contributed by atoms with E-state index in [9.17, 15) is 0 Å². The highest BCUT2D eigenvalue weighted by atomic mass is 14.4. The second kappa shape index (κ2) is 3.62. The number of hydrogen-bond donors (Lipinski definition) is 1. The normalized spacial score (nSPS) is 15.5. The van der Waals surface area contributed by atoms with Crippen molar-refractivity contribution < 1.29 is 0 Å². The summed E-state index contributed by atoms with van der Waals surface area (Å²) in [6, 6.07) is 8.22. The maximum Gasteiger partial charge on any atom is 0.0430 e. The van der Waals surface area contributed by atoms with E-state index in [1.54, 1.807) is 0 Å². The van der Waals surface area contributed by atoms with E-state index in [4.69, 9.17) is 5.41 Å². The van der Waals surface area contributed by atoms with Gasteiger partial charge >= 0.3 is 0 Å². The fourth-order valence-corrected chi connectivity index (χ4v) is 1.69. The van der Waals surface area contributed by atoms with Crippen LogP contribution in [-0.2, 0) is 0 Å². The van der Waals surface area contributed by atoms with E-state index in [0.717, 1.165) is 12.0 Å². The fourth-order valence-electron chi connectivity index (χ4n) is 1.69. The molecule has 1 aliphatic rings. The van der Waals surface area contributed by atoms with Crippen LogP contribution < -0.4 is 0 Å². The Balaban J connectivity index is 2.49. The molecule has 1 heteroatoms. The quantitative estimate of drug-likeness (QED) is 0.690. The summed E-state index contributed by atoms with van der Waals surface area (Å²) in [5.74, 6) is 0. The molecular weight excluding hydrogens is 170 g/mol. The SMILES string of the molecule is Cc1ccccc1C1=CC=CCC1=N. The van der Waals surface area contributed by atoms with Gasteiger partial charge in [-0.15, -0.1) is 0 Å². The number of hydrogen-bond acceptors (Lipinski definition) is 1. The highest BCUT2D eigenvalue weighted by molar-refractivity contribution is 6.24. The third-order valence-corrected chi connectivity index (χ3v) is 2.48. The zero-order valence-electron chi connectivity index (χ0n) is 8.25. The molecule has 2 rings (SSSR count). The van der Waals surface area contributed by atoms with Gasteiger partial charge < -0.3 is 5.41 Å². The van der Waals surface area contributed by atoms with Gasteiger partial charge in [0.2, 0.25) is 0 Å². The zero-order valence-corrected chi connectivity index (χ0v) is 8.25. The number of benzene rings is 1. The minimum absolute atomic E-state index is 0.710. The van der Waals surface area contributed by atoms with E-state index in [-0.39, 0.29) is 0 Å². The molecule has 70 valence electrons. The van der Waals surface area contributed by atoms with Crippen molar-refractivity contribution in [3.63, 3.8) is 0 Å². The van der Waals surface area contributed by atoms with Crippen molar-refractivity contribution in [3.05, 3.63) is 53.6 Å². The van der Waals surface area contributed by atoms with Gasteiger partial charge in [0, 0.05) is 17.7 Å². The predicted octanol–water partition coefficient (Wildman–Crippen LogP) is 3.36. The Morgan fingerprint density at radius 2 is 2.00 bits per heavy atom. The Labute approximate surface area is 84.3 Å². The van der Waals surface area contributed by atoms with Crippen LogP contribution in [0.5, 0.6) is 0 Å². The van der Waals surface area contributed by atoms with Crippen LogP contribution in [-0.4, -0.2) is 5.71 Å². The Hall–Kier alpha value is -1.63. The molecule has 0 unspecified atom stereocenters. The first-order chi connectivity index (χ1) is 6.79. The van der Waals surface area contributed by atoms with E-state index in [2.05, 4.69) is 19.1 Å². The molecule has 0 amide bonds. The lowest BCUT2D eigenvalue weighted by molar-refractivity contribution is 1.35. The molecule has 1 N–H and O–H groups in total. The van der Waals surface area contributed by atoms with Gasteiger partial charge in [0.1, 0.15) is 0 Å². The van der Waals surface area contributed by atoms with Gasteiger partial charge in [-0.3, -0.25) is 0 Å². The zero-order chi connectivity index (χ0) is 9.97. The minimum Gasteiger partial charge on any atom is -0.304 e. The van der Waals surface area contributed by atoms with E-state index >= 15 is 0 Å². The van der Waals surface area contributed by atoms with Gasteiger partial charge in [-0.05, 0) is 18.1 Å². The number of allylic oxidation sites excluding steroid dienone is 4. The smallest absolute Gasteiger partial charge is 0.0430 e. The number of nitrogens with one attached hydrogen (secondary N) is 1. The largest absolute Gasteiger partial charge is 0.304 e. The average molecular weight is 183 g/mol. The molecule has 0 atom stereocenters. The Kier molecular flexibility index (Phi) is 2.32. The molecule has 0 saturated heterocycles. The van der Waals surface area contributed by atoms with Gasteiger partial charge in [0.25, 0.3) is 0 Å². The first-order valence-electron chi connectivity index (χ1n) is 4.79. The van der Waals surface area contributed by atoms with Gasteiger partial charge in [-0.25, -0.2) is 0 Å². The molecular formula is C13H13N. The fraction of sp³-hybridized carbons (Fsp3) is 0.154. The van der Waals surface area contributed by atoms with E-state index in [1.807, 2.05) is 30.4 Å².